The molecule has 136 valence electrons. The van der Waals surface area contributed by atoms with Crippen molar-refractivity contribution in [3.8, 4) is 11.4 Å². The number of nitrogens with two attached hydrogens (primary N) is 1. The Morgan fingerprint density at radius 1 is 1.07 bits per heavy atom. The van der Waals surface area contributed by atoms with Crippen LogP contribution in [0.4, 0.5) is 11.5 Å². The van der Waals surface area contributed by atoms with Crippen LogP contribution in [0.1, 0.15) is 29.8 Å². The highest BCUT2D eigenvalue weighted by Gasteiger charge is 2.12. The van der Waals surface area contributed by atoms with E-state index in [0.717, 1.165) is 28.1 Å². The summed E-state index contributed by atoms with van der Waals surface area (Å²) in [6.07, 6.45) is 2.47. The van der Waals surface area contributed by atoms with Crippen molar-refractivity contribution in [2.75, 3.05) is 5.73 Å². The van der Waals surface area contributed by atoms with Crippen LogP contribution in [0.15, 0.2) is 77.5 Å². The lowest BCUT2D eigenvalue weighted by Gasteiger charge is -2.10. The van der Waals surface area contributed by atoms with E-state index >= 15 is 0 Å². The van der Waals surface area contributed by atoms with Crippen LogP contribution in [-0.4, -0.2) is 9.97 Å². The maximum atomic E-state index is 5.75. The zero-order chi connectivity index (χ0) is 19.2. The predicted molar refractivity (Wildman–Crippen MR) is 110 cm³/mol. The summed E-state index contributed by atoms with van der Waals surface area (Å²) in [5, 5.41) is 8.94. The van der Waals surface area contributed by atoms with Gasteiger partial charge in [-0.05, 0) is 38.0 Å². The Morgan fingerprint density at radius 3 is 2.44 bits per heavy atom. The van der Waals surface area contributed by atoms with E-state index in [1.54, 1.807) is 0 Å². The molecule has 0 bridgehead atoms. The summed E-state index contributed by atoms with van der Waals surface area (Å²) in [5.41, 5.74) is 10.3. The molecular weight excluding hydrogens is 334 g/mol. The third-order valence-corrected chi connectivity index (χ3v) is 4.32. The molecule has 0 aliphatic rings. The highest BCUT2D eigenvalue weighted by atomic mass is 15.2. The minimum atomic E-state index is -0.0994. The van der Waals surface area contributed by atoms with E-state index in [0.29, 0.717) is 18.1 Å². The molecule has 3 aromatic rings. The average molecular weight is 357 g/mol. The minimum Gasteiger partial charge on any atom is -0.399 e. The number of anilines is 1. The van der Waals surface area contributed by atoms with Crippen molar-refractivity contribution >= 4 is 11.5 Å². The lowest BCUT2D eigenvalue weighted by Crippen LogP contribution is -1.99. The van der Waals surface area contributed by atoms with Crippen LogP contribution in [0.5, 0.6) is 0 Å². The van der Waals surface area contributed by atoms with E-state index in [9.17, 15) is 0 Å². The Kier molecular flexibility index (Phi) is 5.71. The molecule has 0 radical (unpaired) electrons. The second kappa shape index (κ2) is 8.36. The van der Waals surface area contributed by atoms with Crippen molar-refractivity contribution < 1.29 is 0 Å². The molecule has 1 unspecified atom stereocenters. The molecule has 1 aromatic heterocycles. The van der Waals surface area contributed by atoms with E-state index < -0.39 is 0 Å². The first-order valence-corrected chi connectivity index (χ1v) is 8.88. The Bertz CT molecular complexity index is 946. The fraction of sp³-hybridized carbons (Fsp3) is 0.182. The number of benzene rings is 2. The normalized spacial score (nSPS) is 12.2. The van der Waals surface area contributed by atoms with Gasteiger partial charge in [-0.3, -0.25) is 0 Å². The second-order valence-electron chi connectivity index (χ2n) is 6.35. The summed E-state index contributed by atoms with van der Waals surface area (Å²) in [6, 6.07) is 17.4. The summed E-state index contributed by atoms with van der Waals surface area (Å²) in [5.74, 6) is 1.23. The predicted octanol–water partition coefficient (Wildman–Crippen LogP) is 5.61. The first-order chi connectivity index (χ1) is 13.1. The largest absolute Gasteiger partial charge is 0.399 e. The van der Waals surface area contributed by atoms with Gasteiger partial charge in [0.2, 0.25) is 0 Å². The van der Waals surface area contributed by atoms with E-state index in [-0.39, 0.29) is 6.04 Å². The number of nitrogens with zero attached hydrogens (tertiary/aromatic N) is 4. The number of aryl methyl sites for hydroxylation is 1. The second-order valence-corrected chi connectivity index (χ2v) is 6.35. The van der Waals surface area contributed by atoms with Crippen molar-refractivity contribution in [2.45, 2.75) is 26.3 Å². The fourth-order valence-corrected chi connectivity index (χ4v) is 2.75. The van der Waals surface area contributed by atoms with Gasteiger partial charge in [-0.25, -0.2) is 9.97 Å². The van der Waals surface area contributed by atoms with Crippen LogP contribution < -0.4 is 5.73 Å². The van der Waals surface area contributed by atoms with Crippen LogP contribution in [0.3, 0.4) is 0 Å². The summed E-state index contributed by atoms with van der Waals surface area (Å²) in [4.78, 5) is 9.31. The summed E-state index contributed by atoms with van der Waals surface area (Å²) < 4.78 is 0. The van der Waals surface area contributed by atoms with Crippen LogP contribution in [0.25, 0.3) is 11.4 Å². The molecule has 0 aliphatic carbocycles. The molecule has 0 amide bonds. The van der Waals surface area contributed by atoms with Crippen LogP contribution in [0, 0.1) is 6.92 Å². The van der Waals surface area contributed by atoms with Crippen LogP contribution in [-0.2, 0) is 6.42 Å². The van der Waals surface area contributed by atoms with Gasteiger partial charge in [-0.15, -0.1) is 11.7 Å². The van der Waals surface area contributed by atoms with Gasteiger partial charge in [0.15, 0.2) is 11.6 Å². The van der Waals surface area contributed by atoms with Crippen molar-refractivity contribution in [1.82, 2.24) is 9.97 Å². The molecule has 0 aliphatic heterocycles. The molecule has 2 aromatic carbocycles. The molecule has 1 heterocycles. The number of hydrogen-bond donors (Lipinski definition) is 1. The zero-order valence-corrected chi connectivity index (χ0v) is 15.6. The Morgan fingerprint density at radius 2 is 1.78 bits per heavy atom. The maximum absolute atomic E-state index is 5.75. The highest BCUT2D eigenvalue weighted by Crippen LogP contribution is 2.27. The third-order valence-electron chi connectivity index (χ3n) is 4.32. The average Bonchev–Trinajstić information content (AvgIpc) is 2.69. The highest BCUT2D eigenvalue weighted by molar-refractivity contribution is 5.58. The lowest BCUT2D eigenvalue weighted by molar-refractivity contribution is 0.758. The van der Waals surface area contributed by atoms with Crippen molar-refractivity contribution in [1.29, 1.82) is 0 Å². The van der Waals surface area contributed by atoms with Gasteiger partial charge in [-0.2, -0.15) is 5.11 Å². The van der Waals surface area contributed by atoms with Gasteiger partial charge in [-0.1, -0.05) is 48.5 Å². The van der Waals surface area contributed by atoms with E-state index in [1.807, 2.05) is 74.5 Å². The van der Waals surface area contributed by atoms with Gasteiger partial charge in [0.1, 0.15) is 0 Å². The molecule has 0 fully saturated rings. The molecule has 0 saturated carbocycles. The Hall–Kier alpha value is -3.34. The topological polar surface area (TPSA) is 76.5 Å². The van der Waals surface area contributed by atoms with E-state index in [1.165, 1.54) is 0 Å². The number of aromatic nitrogens is 2. The van der Waals surface area contributed by atoms with E-state index in [4.69, 9.17) is 5.73 Å². The summed E-state index contributed by atoms with van der Waals surface area (Å²) in [6.45, 7) is 7.79. The third kappa shape index (κ3) is 4.44. The molecular formula is C22H23N5. The molecule has 2 N–H and O–H groups in total. The van der Waals surface area contributed by atoms with Crippen LogP contribution >= 0.6 is 0 Å². The van der Waals surface area contributed by atoms with Crippen molar-refractivity contribution in [2.24, 2.45) is 10.2 Å². The molecule has 3 rings (SSSR count). The molecule has 0 saturated heterocycles. The van der Waals surface area contributed by atoms with Gasteiger partial charge in [0, 0.05) is 22.5 Å². The standard InChI is InChI=1S/C22H23N5/c1-4-8-20-16(3)24-21(18-9-6-5-7-10-18)25-22(20)27-26-15(2)17-11-13-19(23)14-12-17/h4-7,9-15H,1,8,23H2,2-3H3. The van der Waals surface area contributed by atoms with Crippen LogP contribution in [0.2, 0.25) is 0 Å². The Balaban J connectivity index is 1.97. The molecule has 1 atom stereocenters. The van der Waals surface area contributed by atoms with Crippen molar-refractivity contribution in [3.63, 3.8) is 0 Å². The smallest absolute Gasteiger partial charge is 0.181 e. The zero-order valence-electron chi connectivity index (χ0n) is 15.6. The number of hydrogen-bond acceptors (Lipinski definition) is 5. The quantitative estimate of drug-likeness (QED) is 0.354. The number of nitrogen functional groups attached to an aromatic ring is 1. The van der Waals surface area contributed by atoms with Gasteiger partial charge in [0.25, 0.3) is 0 Å². The molecule has 0 spiro atoms. The minimum absolute atomic E-state index is 0.0994. The monoisotopic (exact) mass is 357 g/mol. The summed E-state index contributed by atoms with van der Waals surface area (Å²) in [7, 11) is 0. The Labute approximate surface area is 159 Å². The SMILES string of the molecule is C=CCc1c(C)nc(-c2ccccc2)nc1N=NC(C)c1ccc(N)cc1. The first kappa shape index (κ1) is 18.5. The number of rotatable bonds is 6. The molecule has 5 nitrogen and oxygen atoms in total. The van der Waals surface area contributed by atoms with Gasteiger partial charge in [0.05, 0.1) is 6.04 Å². The number of allylic oxidation sites excluding steroid dienone is 1. The van der Waals surface area contributed by atoms with Gasteiger partial charge < -0.3 is 5.73 Å². The first-order valence-electron chi connectivity index (χ1n) is 8.88. The van der Waals surface area contributed by atoms with E-state index in [2.05, 4.69) is 26.8 Å². The lowest BCUT2D eigenvalue weighted by atomic mass is 10.1. The summed E-state index contributed by atoms with van der Waals surface area (Å²) >= 11 is 0. The van der Waals surface area contributed by atoms with Crippen molar-refractivity contribution in [3.05, 3.63) is 84.1 Å². The maximum Gasteiger partial charge on any atom is 0.181 e. The number of azo groups is 1. The van der Waals surface area contributed by atoms with Gasteiger partial charge >= 0.3 is 0 Å². The fourth-order valence-electron chi connectivity index (χ4n) is 2.75. The molecule has 27 heavy (non-hydrogen) atoms. The molecule has 5 heteroatoms.